The molecule has 86 valence electrons. The smallest absolute Gasteiger partial charge is 0.123 e. The van der Waals surface area contributed by atoms with Gasteiger partial charge in [-0.2, -0.15) is 0 Å². The second kappa shape index (κ2) is 4.89. The van der Waals surface area contributed by atoms with Crippen molar-refractivity contribution in [2.75, 3.05) is 6.61 Å². The van der Waals surface area contributed by atoms with E-state index in [9.17, 15) is 0 Å². The third kappa shape index (κ3) is 2.39. The van der Waals surface area contributed by atoms with Crippen molar-refractivity contribution in [3.05, 3.63) is 40.9 Å². The molecule has 0 fully saturated rings. The van der Waals surface area contributed by atoms with Gasteiger partial charge in [0.25, 0.3) is 0 Å². The molecule has 0 bridgehead atoms. The Morgan fingerprint density at radius 3 is 3.12 bits per heavy atom. The van der Waals surface area contributed by atoms with Crippen LogP contribution in [-0.2, 0) is 6.42 Å². The van der Waals surface area contributed by atoms with Crippen LogP contribution in [-0.4, -0.2) is 6.61 Å². The predicted octanol–water partition coefficient (Wildman–Crippen LogP) is 3.15. The number of halogens is 1. The van der Waals surface area contributed by atoms with E-state index in [0.29, 0.717) is 11.6 Å². The number of fused-ring (bicyclic) bond motifs is 1. The lowest BCUT2D eigenvalue weighted by Gasteiger charge is -2.24. The van der Waals surface area contributed by atoms with Crippen LogP contribution in [0.1, 0.15) is 30.0 Å². The van der Waals surface area contributed by atoms with Crippen LogP contribution in [0, 0.1) is 0 Å². The molecule has 0 aromatic heterocycles. The molecule has 1 aliphatic rings. The number of rotatable bonds is 3. The fourth-order valence-electron chi connectivity index (χ4n) is 2.14. The Balaban J connectivity index is 2.25. The van der Waals surface area contributed by atoms with Gasteiger partial charge < -0.3 is 10.5 Å². The van der Waals surface area contributed by atoms with Gasteiger partial charge in [-0.25, -0.2) is 0 Å². The van der Waals surface area contributed by atoms with Crippen LogP contribution in [0.25, 0.3) is 0 Å². The van der Waals surface area contributed by atoms with Crippen molar-refractivity contribution in [1.29, 1.82) is 0 Å². The minimum Gasteiger partial charge on any atom is -0.488 e. The highest BCUT2D eigenvalue weighted by molar-refractivity contribution is 6.29. The van der Waals surface area contributed by atoms with E-state index in [1.165, 1.54) is 11.1 Å². The molecular weight excluding hydrogens is 222 g/mol. The van der Waals surface area contributed by atoms with E-state index in [1.807, 2.05) is 12.1 Å². The van der Waals surface area contributed by atoms with Crippen LogP contribution in [0.15, 0.2) is 29.8 Å². The summed E-state index contributed by atoms with van der Waals surface area (Å²) in [5.74, 6) is 0.898. The lowest BCUT2D eigenvalue weighted by molar-refractivity contribution is 0.351. The van der Waals surface area contributed by atoms with Crippen LogP contribution in [0.3, 0.4) is 0 Å². The quantitative estimate of drug-likeness (QED) is 0.877. The summed E-state index contributed by atoms with van der Waals surface area (Å²) in [7, 11) is 0. The first kappa shape index (κ1) is 11.5. The van der Waals surface area contributed by atoms with Crippen LogP contribution in [0.5, 0.6) is 5.75 Å². The fraction of sp³-hybridized carbons (Fsp3) is 0.385. The zero-order valence-electron chi connectivity index (χ0n) is 9.21. The van der Waals surface area contributed by atoms with Gasteiger partial charge >= 0.3 is 0 Å². The fourth-order valence-corrected chi connectivity index (χ4v) is 2.20. The minimum atomic E-state index is 0.145. The van der Waals surface area contributed by atoms with E-state index in [1.54, 1.807) is 0 Å². The van der Waals surface area contributed by atoms with Gasteiger partial charge in [0.15, 0.2) is 0 Å². The molecule has 0 spiro atoms. The topological polar surface area (TPSA) is 35.2 Å². The third-order valence-electron chi connectivity index (χ3n) is 2.89. The Morgan fingerprint density at radius 2 is 2.38 bits per heavy atom. The summed E-state index contributed by atoms with van der Waals surface area (Å²) in [6.07, 6.45) is 3.21. The van der Waals surface area contributed by atoms with Gasteiger partial charge in [-0.3, -0.25) is 0 Å². The zero-order valence-corrected chi connectivity index (χ0v) is 9.96. The van der Waals surface area contributed by atoms with Gasteiger partial charge in [-0.1, -0.05) is 30.3 Å². The molecule has 1 atom stereocenters. The molecule has 16 heavy (non-hydrogen) atoms. The first-order valence-electron chi connectivity index (χ1n) is 5.52. The van der Waals surface area contributed by atoms with Crippen molar-refractivity contribution in [3.63, 3.8) is 0 Å². The summed E-state index contributed by atoms with van der Waals surface area (Å²) in [6.45, 7) is 3.97. The summed E-state index contributed by atoms with van der Waals surface area (Å²) in [5.41, 5.74) is 8.52. The van der Waals surface area contributed by atoms with Crippen molar-refractivity contribution in [1.82, 2.24) is 0 Å². The maximum atomic E-state index is 6.07. The van der Waals surface area contributed by atoms with Crippen LogP contribution < -0.4 is 10.5 Å². The van der Waals surface area contributed by atoms with E-state index < -0.39 is 0 Å². The molecule has 0 radical (unpaired) electrons. The lowest BCUT2D eigenvalue weighted by Crippen LogP contribution is -2.18. The highest BCUT2D eigenvalue weighted by Gasteiger charge is 2.19. The molecule has 0 saturated heterocycles. The molecule has 2 rings (SSSR count). The highest BCUT2D eigenvalue weighted by atomic mass is 35.5. The van der Waals surface area contributed by atoms with E-state index in [-0.39, 0.29) is 6.04 Å². The van der Waals surface area contributed by atoms with E-state index >= 15 is 0 Å². The van der Waals surface area contributed by atoms with Crippen LogP contribution in [0.4, 0.5) is 0 Å². The molecule has 1 aromatic rings. The molecule has 0 saturated carbocycles. The Labute approximate surface area is 101 Å². The number of ether oxygens (including phenoxy) is 1. The van der Waals surface area contributed by atoms with Crippen molar-refractivity contribution in [3.8, 4) is 5.75 Å². The molecule has 3 heteroatoms. The van der Waals surface area contributed by atoms with Gasteiger partial charge in [-0.15, -0.1) is 0 Å². The standard InChI is InChI=1S/C13H16ClNO/c1-9(14)8-16-13-7-3-4-10-11(13)5-2-6-12(10)15/h3-4,7,12H,1-2,5-6,8,15H2. The minimum absolute atomic E-state index is 0.145. The normalized spacial score (nSPS) is 19.0. The predicted molar refractivity (Wildman–Crippen MR) is 66.8 cm³/mol. The molecule has 1 aliphatic carbocycles. The average molecular weight is 238 g/mol. The summed E-state index contributed by atoms with van der Waals surface area (Å²) in [6, 6.07) is 6.18. The number of nitrogens with two attached hydrogens (primary N) is 1. The average Bonchev–Trinajstić information content (AvgIpc) is 2.27. The second-order valence-corrected chi connectivity index (χ2v) is 4.66. The summed E-state index contributed by atoms with van der Waals surface area (Å²) in [5, 5.41) is 0.512. The van der Waals surface area contributed by atoms with Crippen molar-refractivity contribution in [2.45, 2.75) is 25.3 Å². The van der Waals surface area contributed by atoms with Gasteiger partial charge in [0.2, 0.25) is 0 Å². The number of hydrogen-bond donors (Lipinski definition) is 1. The Hall–Kier alpha value is -0.990. The molecule has 1 aromatic carbocycles. The lowest BCUT2D eigenvalue weighted by atomic mass is 9.88. The molecule has 2 N–H and O–H groups in total. The van der Waals surface area contributed by atoms with Crippen molar-refractivity contribution in [2.24, 2.45) is 5.73 Å². The summed E-state index contributed by atoms with van der Waals surface area (Å²) < 4.78 is 5.63. The maximum Gasteiger partial charge on any atom is 0.123 e. The van der Waals surface area contributed by atoms with Gasteiger partial charge in [0.1, 0.15) is 12.4 Å². The molecule has 0 amide bonds. The molecule has 2 nitrogen and oxygen atoms in total. The van der Waals surface area contributed by atoms with E-state index in [0.717, 1.165) is 25.0 Å². The first-order chi connectivity index (χ1) is 7.68. The summed E-state index contributed by atoms with van der Waals surface area (Å²) >= 11 is 5.70. The monoisotopic (exact) mass is 237 g/mol. The second-order valence-electron chi connectivity index (χ2n) is 4.13. The molecule has 0 aliphatic heterocycles. The zero-order chi connectivity index (χ0) is 11.5. The first-order valence-corrected chi connectivity index (χ1v) is 5.89. The van der Waals surface area contributed by atoms with Crippen molar-refractivity contribution >= 4 is 11.6 Å². The summed E-state index contributed by atoms with van der Waals surface area (Å²) in [4.78, 5) is 0. The van der Waals surface area contributed by atoms with Crippen molar-refractivity contribution < 1.29 is 4.74 Å². The van der Waals surface area contributed by atoms with Gasteiger partial charge in [0, 0.05) is 11.1 Å². The third-order valence-corrected chi connectivity index (χ3v) is 3.00. The molecule has 0 heterocycles. The maximum absolute atomic E-state index is 6.07. The largest absolute Gasteiger partial charge is 0.488 e. The Morgan fingerprint density at radius 1 is 1.56 bits per heavy atom. The van der Waals surface area contributed by atoms with Crippen LogP contribution >= 0.6 is 11.6 Å². The number of benzene rings is 1. The van der Waals surface area contributed by atoms with E-state index in [4.69, 9.17) is 22.1 Å². The Bertz CT molecular complexity index is 403. The Kier molecular flexibility index (Phi) is 3.52. The molecule has 1 unspecified atom stereocenters. The van der Waals surface area contributed by atoms with Gasteiger partial charge in [0.05, 0.1) is 0 Å². The number of hydrogen-bond acceptors (Lipinski definition) is 2. The highest BCUT2D eigenvalue weighted by Crippen LogP contribution is 2.34. The molecular formula is C13H16ClNO. The van der Waals surface area contributed by atoms with Crippen LogP contribution in [0.2, 0.25) is 0 Å². The van der Waals surface area contributed by atoms with E-state index in [2.05, 4.69) is 12.6 Å². The SMILES string of the molecule is C=C(Cl)COc1cccc2c1CCCC2N. The van der Waals surface area contributed by atoms with Gasteiger partial charge in [-0.05, 0) is 36.5 Å².